The van der Waals surface area contributed by atoms with Crippen molar-refractivity contribution in [2.75, 3.05) is 19.0 Å². The molecule has 2 aliphatic carbocycles. The quantitative estimate of drug-likeness (QED) is 0.394. The van der Waals surface area contributed by atoms with Crippen LogP contribution in [0.2, 0.25) is 0 Å². The Hall–Kier alpha value is -3.14. The Bertz CT molecular complexity index is 1180. The van der Waals surface area contributed by atoms with E-state index in [1.807, 2.05) is 0 Å². The smallest absolute Gasteiger partial charge is 0.309 e. The molecule has 10 heteroatoms. The molecular formula is C27H33FN2O6S. The summed E-state index contributed by atoms with van der Waals surface area (Å²) in [6.45, 7) is 4.43. The third kappa shape index (κ3) is 5.89. The molecule has 2 fully saturated rings. The lowest BCUT2D eigenvalue weighted by molar-refractivity contribution is -0.150. The Kier molecular flexibility index (Phi) is 7.77. The highest BCUT2D eigenvalue weighted by Gasteiger charge is 2.38. The van der Waals surface area contributed by atoms with Crippen molar-refractivity contribution in [3.8, 4) is 11.5 Å². The van der Waals surface area contributed by atoms with Crippen LogP contribution in [0.3, 0.4) is 0 Å². The van der Waals surface area contributed by atoms with E-state index in [0.717, 1.165) is 18.9 Å². The van der Waals surface area contributed by atoms with E-state index in [0.29, 0.717) is 42.8 Å². The monoisotopic (exact) mass is 532 g/mol. The lowest BCUT2D eigenvalue weighted by Gasteiger charge is -2.38. The number of halogens is 1. The zero-order valence-corrected chi connectivity index (χ0v) is 22.1. The van der Waals surface area contributed by atoms with Gasteiger partial charge in [0.05, 0.1) is 29.9 Å². The van der Waals surface area contributed by atoms with Gasteiger partial charge in [0.25, 0.3) is 11.8 Å². The van der Waals surface area contributed by atoms with Crippen LogP contribution in [-0.4, -0.2) is 42.6 Å². The molecule has 37 heavy (non-hydrogen) atoms. The third-order valence-corrected chi connectivity index (χ3v) is 8.61. The van der Waals surface area contributed by atoms with Crippen molar-refractivity contribution in [1.29, 1.82) is 0 Å². The maximum absolute atomic E-state index is 14.8. The molecule has 0 radical (unpaired) electrons. The van der Waals surface area contributed by atoms with Crippen LogP contribution in [0, 0.1) is 16.6 Å². The fourth-order valence-electron chi connectivity index (χ4n) is 4.82. The van der Waals surface area contributed by atoms with Crippen LogP contribution in [0.1, 0.15) is 78.8 Å². The minimum absolute atomic E-state index is 0.0311. The molecule has 2 aromatic rings. The first kappa shape index (κ1) is 26.9. The van der Waals surface area contributed by atoms with Gasteiger partial charge in [0.1, 0.15) is 10.6 Å². The fraction of sp³-hybridized carbons (Fsp3) is 0.519. The minimum atomic E-state index is -0.848. The molecule has 3 N–H and O–H groups in total. The van der Waals surface area contributed by atoms with Gasteiger partial charge in [-0.3, -0.25) is 14.4 Å². The maximum atomic E-state index is 14.8. The molecule has 2 amide bonds. The van der Waals surface area contributed by atoms with Gasteiger partial charge in [0.15, 0.2) is 11.6 Å². The number of carbonyl (C=O) groups excluding carboxylic acids is 2. The lowest BCUT2D eigenvalue weighted by atomic mass is 9.70. The number of carbonyl (C=O) groups is 3. The Balaban J connectivity index is 1.46. The summed E-state index contributed by atoms with van der Waals surface area (Å²) < 4.78 is 25.9. The van der Waals surface area contributed by atoms with Crippen molar-refractivity contribution in [3.05, 3.63) is 39.8 Å². The average Bonchev–Trinajstić information content (AvgIpc) is 3.31. The summed E-state index contributed by atoms with van der Waals surface area (Å²) in [6, 6.07) is 4.03. The molecule has 4 rings (SSSR count). The summed E-state index contributed by atoms with van der Waals surface area (Å²) in [4.78, 5) is 37.9. The molecule has 1 heterocycles. The first-order valence-corrected chi connectivity index (χ1v) is 13.4. The van der Waals surface area contributed by atoms with E-state index in [-0.39, 0.29) is 34.5 Å². The molecule has 0 atom stereocenters. The number of hydrogen-bond donors (Lipinski definition) is 3. The fourth-order valence-corrected chi connectivity index (χ4v) is 5.58. The Labute approximate surface area is 219 Å². The number of ether oxygens (including phenoxy) is 2. The van der Waals surface area contributed by atoms with Gasteiger partial charge in [-0.2, -0.15) is 0 Å². The number of rotatable bonds is 9. The maximum Gasteiger partial charge on any atom is 0.309 e. The van der Waals surface area contributed by atoms with E-state index >= 15 is 0 Å². The normalized spacial score (nSPS) is 22.4. The highest BCUT2D eigenvalue weighted by atomic mass is 32.1. The zero-order chi connectivity index (χ0) is 26.8. The number of aliphatic carboxylic acids is 1. The van der Waals surface area contributed by atoms with Gasteiger partial charge >= 0.3 is 5.97 Å². The van der Waals surface area contributed by atoms with Crippen molar-refractivity contribution in [2.24, 2.45) is 10.8 Å². The van der Waals surface area contributed by atoms with Gasteiger partial charge < -0.3 is 25.2 Å². The molecule has 8 nitrogen and oxygen atoms in total. The highest BCUT2D eigenvalue weighted by molar-refractivity contribution is 7.12. The third-order valence-electron chi connectivity index (χ3n) is 7.70. The molecule has 0 unspecified atom stereocenters. The lowest BCUT2D eigenvalue weighted by Crippen LogP contribution is -2.39. The van der Waals surface area contributed by atoms with Gasteiger partial charge in [-0.15, -0.1) is 11.3 Å². The van der Waals surface area contributed by atoms with Gasteiger partial charge in [-0.25, -0.2) is 4.39 Å². The van der Waals surface area contributed by atoms with Gasteiger partial charge in [-0.05, 0) is 68.4 Å². The number of amides is 2. The first-order valence-electron chi connectivity index (χ1n) is 12.5. The van der Waals surface area contributed by atoms with Crippen molar-refractivity contribution >= 4 is 34.8 Å². The van der Waals surface area contributed by atoms with Gasteiger partial charge in [0, 0.05) is 12.6 Å². The second-order valence-electron chi connectivity index (χ2n) is 10.6. The SMILES string of the molecule is COc1cc(F)c(OC2CCC(C)(C(=O)O)CC2)cc1C(=O)Nc1ccsc1C(=O)NCC1(C)CCC1. The summed E-state index contributed by atoms with van der Waals surface area (Å²) in [5.74, 6) is -2.42. The molecule has 0 bridgehead atoms. The van der Waals surface area contributed by atoms with Crippen LogP contribution in [-0.2, 0) is 4.79 Å². The zero-order valence-electron chi connectivity index (χ0n) is 21.3. The summed E-state index contributed by atoms with van der Waals surface area (Å²) >= 11 is 1.23. The molecule has 0 saturated heterocycles. The molecule has 1 aromatic heterocycles. The van der Waals surface area contributed by atoms with Crippen LogP contribution in [0.15, 0.2) is 23.6 Å². The summed E-state index contributed by atoms with van der Waals surface area (Å²) in [7, 11) is 1.34. The number of benzene rings is 1. The number of thiophene rings is 1. The Morgan fingerprint density at radius 3 is 2.41 bits per heavy atom. The van der Waals surface area contributed by atoms with Gasteiger partial charge in [0.2, 0.25) is 0 Å². The molecule has 1 aromatic carbocycles. The van der Waals surface area contributed by atoms with E-state index in [2.05, 4.69) is 17.6 Å². The second kappa shape index (κ2) is 10.7. The Morgan fingerprint density at radius 1 is 1.11 bits per heavy atom. The molecule has 200 valence electrons. The number of anilines is 1. The summed E-state index contributed by atoms with van der Waals surface area (Å²) in [5, 5.41) is 16.9. The summed E-state index contributed by atoms with van der Waals surface area (Å²) in [5.41, 5.74) is -0.271. The van der Waals surface area contributed by atoms with Gasteiger partial charge in [-0.1, -0.05) is 13.3 Å². The number of carboxylic acid groups (broad SMARTS) is 1. The predicted molar refractivity (Wildman–Crippen MR) is 138 cm³/mol. The second-order valence-corrected chi connectivity index (χ2v) is 11.5. The van der Waals surface area contributed by atoms with Crippen molar-refractivity contribution in [1.82, 2.24) is 5.32 Å². The van der Waals surface area contributed by atoms with E-state index in [1.54, 1.807) is 18.4 Å². The van der Waals surface area contributed by atoms with Crippen molar-refractivity contribution < 1.29 is 33.4 Å². The molecule has 0 aliphatic heterocycles. The van der Waals surface area contributed by atoms with Crippen LogP contribution in [0.5, 0.6) is 11.5 Å². The van der Waals surface area contributed by atoms with Crippen molar-refractivity contribution in [3.63, 3.8) is 0 Å². The van der Waals surface area contributed by atoms with E-state index in [9.17, 15) is 23.9 Å². The first-order chi connectivity index (χ1) is 17.5. The number of hydrogen-bond acceptors (Lipinski definition) is 6. The van der Waals surface area contributed by atoms with E-state index < -0.39 is 23.1 Å². The number of methoxy groups -OCH3 is 1. The average molecular weight is 533 g/mol. The standard InChI is InChI=1S/C27H33FN2O6S/c1-26(8-4-9-26)15-29-24(32)22-19(7-12-37-22)30-23(31)17-13-21(18(28)14-20(17)35-3)36-16-5-10-27(2,11-6-16)25(33)34/h7,12-14,16H,4-6,8-11,15H2,1-3H3,(H,29,32)(H,30,31)(H,33,34). The van der Waals surface area contributed by atoms with Crippen molar-refractivity contribution in [2.45, 2.75) is 64.9 Å². The number of nitrogens with one attached hydrogen (secondary N) is 2. The topological polar surface area (TPSA) is 114 Å². The molecule has 0 spiro atoms. The summed E-state index contributed by atoms with van der Waals surface area (Å²) in [6.07, 6.45) is 4.72. The largest absolute Gasteiger partial charge is 0.496 e. The van der Waals surface area contributed by atoms with Crippen LogP contribution >= 0.6 is 11.3 Å². The molecule has 2 aliphatic rings. The van der Waals surface area contributed by atoms with Crippen LogP contribution in [0.4, 0.5) is 10.1 Å². The Morgan fingerprint density at radius 2 is 1.81 bits per heavy atom. The highest BCUT2D eigenvalue weighted by Crippen LogP contribution is 2.40. The predicted octanol–water partition coefficient (Wildman–Crippen LogP) is 5.48. The molecule has 2 saturated carbocycles. The van der Waals surface area contributed by atoms with Crippen LogP contribution in [0.25, 0.3) is 0 Å². The van der Waals surface area contributed by atoms with E-state index in [4.69, 9.17) is 9.47 Å². The molecular weight excluding hydrogens is 499 g/mol. The van der Waals surface area contributed by atoms with Crippen LogP contribution < -0.4 is 20.1 Å². The number of carboxylic acids is 1. The minimum Gasteiger partial charge on any atom is -0.496 e. The van der Waals surface area contributed by atoms with E-state index in [1.165, 1.54) is 30.9 Å².